The van der Waals surface area contributed by atoms with Crippen molar-refractivity contribution in [2.75, 3.05) is 26.9 Å². The normalized spacial score (nSPS) is 28.9. The summed E-state index contributed by atoms with van der Waals surface area (Å²) in [5.74, 6) is 0. The zero-order valence-electron chi connectivity index (χ0n) is 11.4. The van der Waals surface area contributed by atoms with Crippen LogP contribution in [0.1, 0.15) is 39.5 Å². The van der Waals surface area contributed by atoms with E-state index < -0.39 is 0 Å². The van der Waals surface area contributed by atoms with Crippen LogP contribution in [0.3, 0.4) is 0 Å². The van der Waals surface area contributed by atoms with Crippen molar-refractivity contribution < 1.29 is 14.6 Å². The highest BCUT2D eigenvalue weighted by Crippen LogP contribution is 2.23. The monoisotopic (exact) mass is 245 g/mol. The van der Waals surface area contributed by atoms with Crippen LogP contribution in [0.5, 0.6) is 0 Å². The number of aliphatic hydroxyl groups excluding tert-OH is 1. The van der Waals surface area contributed by atoms with E-state index in [1.54, 1.807) is 7.11 Å². The Balaban J connectivity index is 2.33. The lowest BCUT2D eigenvalue weighted by atomic mass is 9.94. The van der Waals surface area contributed by atoms with Gasteiger partial charge >= 0.3 is 0 Å². The molecule has 0 aromatic carbocycles. The Morgan fingerprint density at radius 2 is 2.06 bits per heavy atom. The summed E-state index contributed by atoms with van der Waals surface area (Å²) in [4.78, 5) is 0. The van der Waals surface area contributed by atoms with Crippen LogP contribution in [0.25, 0.3) is 0 Å². The average molecular weight is 245 g/mol. The van der Waals surface area contributed by atoms with E-state index in [0.717, 1.165) is 25.8 Å². The molecule has 0 bridgehead atoms. The fourth-order valence-electron chi connectivity index (χ4n) is 2.35. The van der Waals surface area contributed by atoms with Crippen LogP contribution >= 0.6 is 0 Å². The molecule has 1 aliphatic rings. The van der Waals surface area contributed by atoms with E-state index in [9.17, 15) is 5.11 Å². The molecule has 2 N–H and O–H groups in total. The maximum atomic E-state index is 9.38. The first-order valence-corrected chi connectivity index (χ1v) is 6.64. The van der Waals surface area contributed by atoms with Crippen LogP contribution in [-0.4, -0.2) is 49.7 Å². The van der Waals surface area contributed by atoms with Gasteiger partial charge in [-0.25, -0.2) is 0 Å². The van der Waals surface area contributed by atoms with Crippen LogP contribution in [0, 0.1) is 0 Å². The molecule has 3 unspecified atom stereocenters. The first kappa shape index (κ1) is 14.9. The van der Waals surface area contributed by atoms with Gasteiger partial charge in [0.05, 0.1) is 31.0 Å². The zero-order valence-corrected chi connectivity index (χ0v) is 11.4. The van der Waals surface area contributed by atoms with Crippen LogP contribution in [0.2, 0.25) is 0 Å². The molecule has 0 radical (unpaired) electrons. The highest BCUT2D eigenvalue weighted by atomic mass is 16.5. The van der Waals surface area contributed by atoms with Crippen LogP contribution in [0.4, 0.5) is 0 Å². The van der Waals surface area contributed by atoms with Crippen molar-refractivity contribution in [2.45, 2.75) is 57.3 Å². The van der Waals surface area contributed by atoms with Crippen LogP contribution < -0.4 is 5.32 Å². The highest BCUT2D eigenvalue weighted by Gasteiger charge is 2.27. The van der Waals surface area contributed by atoms with Gasteiger partial charge in [-0.1, -0.05) is 6.92 Å². The Kier molecular flexibility index (Phi) is 6.41. The first-order valence-electron chi connectivity index (χ1n) is 6.64. The summed E-state index contributed by atoms with van der Waals surface area (Å²) in [7, 11) is 1.77. The number of methoxy groups -OCH3 is 1. The predicted molar refractivity (Wildman–Crippen MR) is 68.2 cm³/mol. The molecule has 102 valence electrons. The quantitative estimate of drug-likeness (QED) is 0.710. The lowest BCUT2D eigenvalue weighted by Gasteiger charge is -2.33. The minimum absolute atomic E-state index is 0.0985. The van der Waals surface area contributed by atoms with Gasteiger partial charge in [-0.2, -0.15) is 0 Å². The number of aliphatic hydroxyl groups is 1. The molecule has 17 heavy (non-hydrogen) atoms. The number of ether oxygens (including phenoxy) is 2. The van der Waals surface area contributed by atoms with Crippen molar-refractivity contribution in [2.24, 2.45) is 0 Å². The van der Waals surface area contributed by atoms with Gasteiger partial charge in [0.15, 0.2) is 0 Å². The molecule has 0 aromatic rings. The summed E-state index contributed by atoms with van der Waals surface area (Å²) in [6, 6.07) is 0. The second-order valence-electron chi connectivity index (χ2n) is 5.21. The molecule has 0 aromatic heterocycles. The van der Waals surface area contributed by atoms with Gasteiger partial charge in [0.25, 0.3) is 0 Å². The number of rotatable bonds is 7. The number of hydrogen-bond acceptors (Lipinski definition) is 4. The van der Waals surface area contributed by atoms with E-state index >= 15 is 0 Å². The molecule has 3 atom stereocenters. The molecular weight excluding hydrogens is 218 g/mol. The third-order valence-electron chi connectivity index (χ3n) is 3.50. The van der Waals surface area contributed by atoms with Gasteiger partial charge < -0.3 is 19.9 Å². The Labute approximate surface area is 105 Å². The van der Waals surface area contributed by atoms with Crippen molar-refractivity contribution in [3.63, 3.8) is 0 Å². The van der Waals surface area contributed by atoms with E-state index in [0.29, 0.717) is 12.7 Å². The fourth-order valence-corrected chi connectivity index (χ4v) is 2.35. The van der Waals surface area contributed by atoms with Crippen molar-refractivity contribution in [3.05, 3.63) is 0 Å². The van der Waals surface area contributed by atoms with Crippen molar-refractivity contribution >= 4 is 0 Å². The largest absolute Gasteiger partial charge is 0.394 e. The molecular formula is C13H27NO3. The smallest absolute Gasteiger partial charge is 0.0671 e. The van der Waals surface area contributed by atoms with Gasteiger partial charge in [0, 0.05) is 7.11 Å². The van der Waals surface area contributed by atoms with Crippen LogP contribution in [0.15, 0.2) is 0 Å². The first-order chi connectivity index (χ1) is 8.13. The Morgan fingerprint density at radius 3 is 2.65 bits per heavy atom. The van der Waals surface area contributed by atoms with E-state index in [1.807, 2.05) is 13.8 Å². The average Bonchev–Trinajstić information content (AvgIpc) is 2.37. The van der Waals surface area contributed by atoms with E-state index in [2.05, 4.69) is 5.32 Å². The van der Waals surface area contributed by atoms with E-state index in [-0.39, 0.29) is 18.2 Å². The van der Waals surface area contributed by atoms with E-state index in [4.69, 9.17) is 9.47 Å². The van der Waals surface area contributed by atoms with Crippen molar-refractivity contribution in [3.8, 4) is 0 Å². The van der Waals surface area contributed by atoms with Gasteiger partial charge in [-0.05, 0) is 39.2 Å². The lowest BCUT2D eigenvalue weighted by molar-refractivity contribution is -0.0533. The summed E-state index contributed by atoms with van der Waals surface area (Å²) >= 11 is 0. The predicted octanol–water partition coefficient (Wildman–Crippen LogP) is 1.32. The molecule has 0 amide bonds. The summed E-state index contributed by atoms with van der Waals surface area (Å²) in [5, 5.41) is 12.6. The third kappa shape index (κ3) is 4.92. The molecule has 0 aliphatic heterocycles. The lowest BCUT2D eigenvalue weighted by Crippen LogP contribution is -2.50. The molecule has 4 heteroatoms. The molecule has 4 nitrogen and oxygen atoms in total. The summed E-state index contributed by atoms with van der Waals surface area (Å²) < 4.78 is 11.3. The summed E-state index contributed by atoms with van der Waals surface area (Å²) in [5.41, 5.74) is -0.325. The molecule has 1 saturated carbocycles. The van der Waals surface area contributed by atoms with Gasteiger partial charge in [-0.3, -0.25) is 0 Å². The fraction of sp³-hybridized carbons (Fsp3) is 1.00. The Hall–Kier alpha value is -0.160. The van der Waals surface area contributed by atoms with Crippen molar-refractivity contribution in [1.29, 1.82) is 0 Å². The SMILES string of the molecule is CCNC(C)(CO)COC1CCCC(OC)C1. The van der Waals surface area contributed by atoms with Gasteiger partial charge in [-0.15, -0.1) is 0 Å². The highest BCUT2D eigenvalue weighted by molar-refractivity contribution is 4.83. The van der Waals surface area contributed by atoms with E-state index in [1.165, 1.54) is 6.42 Å². The summed E-state index contributed by atoms with van der Waals surface area (Å²) in [6.45, 7) is 5.52. The summed E-state index contributed by atoms with van der Waals surface area (Å²) in [6.07, 6.45) is 5.00. The Bertz CT molecular complexity index is 213. The molecule has 0 spiro atoms. The molecule has 1 rings (SSSR count). The number of nitrogens with one attached hydrogen (secondary N) is 1. The maximum Gasteiger partial charge on any atom is 0.0671 e. The van der Waals surface area contributed by atoms with Crippen molar-refractivity contribution in [1.82, 2.24) is 5.32 Å². The standard InChI is InChI=1S/C13H27NO3/c1-4-14-13(2,9-15)10-17-12-7-5-6-11(8-12)16-3/h11-12,14-15H,4-10H2,1-3H3. The van der Waals surface area contributed by atoms with Gasteiger partial charge in [0.1, 0.15) is 0 Å². The molecule has 1 fully saturated rings. The topological polar surface area (TPSA) is 50.7 Å². The minimum atomic E-state index is -0.325. The van der Waals surface area contributed by atoms with Crippen LogP contribution in [-0.2, 0) is 9.47 Å². The number of hydrogen-bond donors (Lipinski definition) is 2. The number of likely N-dealkylation sites (N-methyl/N-ethyl adjacent to an activating group) is 1. The molecule has 0 saturated heterocycles. The zero-order chi connectivity index (χ0) is 12.7. The van der Waals surface area contributed by atoms with Gasteiger partial charge in [0.2, 0.25) is 0 Å². The second-order valence-corrected chi connectivity index (χ2v) is 5.21. The molecule has 0 heterocycles. The minimum Gasteiger partial charge on any atom is -0.394 e. The maximum absolute atomic E-state index is 9.38. The third-order valence-corrected chi connectivity index (χ3v) is 3.50. The molecule has 1 aliphatic carbocycles. The Morgan fingerprint density at radius 1 is 1.35 bits per heavy atom. The second kappa shape index (κ2) is 7.31.